The SMILES string of the molecule is C[C@H]1CN(c2ccncc2NCc2ccc3nccnc3c2)CCN1. The normalized spacial score (nSPS) is 17.6. The van der Waals surface area contributed by atoms with Gasteiger partial charge < -0.3 is 15.5 Å². The summed E-state index contributed by atoms with van der Waals surface area (Å²) in [5, 5.41) is 7.02. The van der Waals surface area contributed by atoms with Gasteiger partial charge in [-0.15, -0.1) is 0 Å². The van der Waals surface area contributed by atoms with Gasteiger partial charge in [-0.3, -0.25) is 15.0 Å². The van der Waals surface area contributed by atoms with E-state index >= 15 is 0 Å². The van der Waals surface area contributed by atoms with Crippen LogP contribution in [0.25, 0.3) is 11.0 Å². The predicted octanol–water partition coefficient (Wildman–Crippen LogP) is 2.43. The third-order valence-corrected chi connectivity index (χ3v) is 4.52. The molecule has 2 aromatic heterocycles. The van der Waals surface area contributed by atoms with Crippen LogP contribution in [0.2, 0.25) is 0 Å². The van der Waals surface area contributed by atoms with Crippen molar-refractivity contribution in [3.8, 4) is 0 Å². The largest absolute Gasteiger partial charge is 0.378 e. The van der Waals surface area contributed by atoms with E-state index in [9.17, 15) is 0 Å². The molecular weight excluding hydrogens is 312 g/mol. The van der Waals surface area contributed by atoms with Crippen LogP contribution in [0.4, 0.5) is 11.4 Å². The van der Waals surface area contributed by atoms with Crippen molar-refractivity contribution in [1.82, 2.24) is 20.3 Å². The average molecular weight is 334 g/mol. The standard InChI is InChI=1S/C19H22N6/c1-14-13-25(9-8-21-14)19-4-5-20-12-18(19)24-11-15-2-3-16-17(10-15)23-7-6-22-16/h2-7,10,12,14,21,24H,8-9,11,13H2,1H3/t14-/m0/s1. The first-order chi connectivity index (χ1) is 12.3. The molecule has 6 nitrogen and oxygen atoms in total. The fourth-order valence-corrected chi connectivity index (χ4v) is 3.27. The summed E-state index contributed by atoms with van der Waals surface area (Å²) in [6, 6.07) is 8.77. The molecule has 0 spiro atoms. The van der Waals surface area contributed by atoms with Crippen molar-refractivity contribution >= 4 is 22.4 Å². The quantitative estimate of drug-likeness (QED) is 0.764. The lowest BCUT2D eigenvalue weighted by Gasteiger charge is -2.34. The van der Waals surface area contributed by atoms with E-state index in [1.165, 1.54) is 11.3 Å². The Bertz CT molecular complexity index is 865. The Balaban J connectivity index is 1.52. The highest BCUT2D eigenvalue weighted by Gasteiger charge is 2.18. The molecule has 1 saturated heterocycles. The molecule has 1 atom stereocenters. The predicted molar refractivity (Wildman–Crippen MR) is 101 cm³/mol. The molecule has 3 aromatic rings. The minimum atomic E-state index is 0.494. The van der Waals surface area contributed by atoms with Crippen molar-refractivity contribution in [3.63, 3.8) is 0 Å². The Morgan fingerprint density at radius 3 is 2.92 bits per heavy atom. The van der Waals surface area contributed by atoms with Gasteiger partial charge in [0.15, 0.2) is 0 Å². The highest BCUT2D eigenvalue weighted by atomic mass is 15.2. The van der Waals surface area contributed by atoms with Crippen molar-refractivity contribution in [2.24, 2.45) is 0 Å². The Morgan fingerprint density at radius 2 is 2.04 bits per heavy atom. The number of hydrogen-bond acceptors (Lipinski definition) is 6. The van der Waals surface area contributed by atoms with Gasteiger partial charge in [0.2, 0.25) is 0 Å². The summed E-state index contributed by atoms with van der Waals surface area (Å²) in [7, 11) is 0. The van der Waals surface area contributed by atoms with E-state index in [1.54, 1.807) is 12.4 Å². The fraction of sp³-hybridized carbons (Fsp3) is 0.316. The first-order valence-corrected chi connectivity index (χ1v) is 8.65. The van der Waals surface area contributed by atoms with Gasteiger partial charge in [-0.2, -0.15) is 0 Å². The molecule has 1 aromatic carbocycles. The van der Waals surface area contributed by atoms with Crippen molar-refractivity contribution < 1.29 is 0 Å². The zero-order chi connectivity index (χ0) is 17.1. The Kier molecular flexibility index (Phi) is 4.43. The molecule has 4 rings (SSSR count). The summed E-state index contributed by atoms with van der Waals surface area (Å²) >= 11 is 0. The molecule has 1 aliphatic rings. The minimum absolute atomic E-state index is 0.494. The van der Waals surface area contributed by atoms with E-state index in [2.05, 4.69) is 55.6 Å². The van der Waals surface area contributed by atoms with Crippen LogP contribution in [0, 0.1) is 0 Å². The van der Waals surface area contributed by atoms with E-state index in [0.717, 1.165) is 42.9 Å². The topological polar surface area (TPSA) is 66.0 Å². The second-order valence-electron chi connectivity index (χ2n) is 6.43. The summed E-state index contributed by atoms with van der Waals surface area (Å²) in [5.74, 6) is 0. The first kappa shape index (κ1) is 15.8. The number of anilines is 2. The van der Waals surface area contributed by atoms with Gasteiger partial charge in [0, 0.05) is 50.8 Å². The highest BCUT2D eigenvalue weighted by molar-refractivity contribution is 5.75. The molecule has 1 fully saturated rings. The molecule has 0 saturated carbocycles. The maximum Gasteiger partial charge on any atom is 0.0890 e. The molecule has 0 bridgehead atoms. The molecule has 25 heavy (non-hydrogen) atoms. The van der Waals surface area contributed by atoms with Crippen molar-refractivity contribution in [3.05, 3.63) is 54.6 Å². The molecule has 1 aliphatic heterocycles. The Labute approximate surface area is 147 Å². The number of benzene rings is 1. The van der Waals surface area contributed by atoms with Crippen LogP contribution in [0.3, 0.4) is 0 Å². The van der Waals surface area contributed by atoms with Crippen LogP contribution in [-0.2, 0) is 6.54 Å². The van der Waals surface area contributed by atoms with Crippen LogP contribution in [0.15, 0.2) is 49.1 Å². The Hall–Kier alpha value is -2.73. The van der Waals surface area contributed by atoms with Gasteiger partial charge in [-0.1, -0.05) is 6.07 Å². The van der Waals surface area contributed by atoms with E-state index in [-0.39, 0.29) is 0 Å². The lowest BCUT2D eigenvalue weighted by molar-refractivity contribution is 0.485. The summed E-state index contributed by atoms with van der Waals surface area (Å²) in [6.45, 7) is 5.97. The molecular formula is C19H22N6. The lowest BCUT2D eigenvalue weighted by Crippen LogP contribution is -2.49. The van der Waals surface area contributed by atoms with Crippen LogP contribution in [0.1, 0.15) is 12.5 Å². The maximum atomic E-state index is 4.38. The van der Waals surface area contributed by atoms with E-state index < -0.39 is 0 Å². The number of nitrogens with one attached hydrogen (secondary N) is 2. The van der Waals surface area contributed by atoms with Crippen LogP contribution in [-0.4, -0.2) is 40.6 Å². The van der Waals surface area contributed by atoms with E-state index in [4.69, 9.17) is 0 Å². The summed E-state index contributed by atoms with van der Waals surface area (Å²) < 4.78 is 0. The summed E-state index contributed by atoms with van der Waals surface area (Å²) in [4.78, 5) is 15.4. The third kappa shape index (κ3) is 3.53. The second kappa shape index (κ2) is 7.03. The van der Waals surface area contributed by atoms with Gasteiger partial charge in [0.25, 0.3) is 0 Å². The van der Waals surface area contributed by atoms with Crippen LogP contribution in [0.5, 0.6) is 0 Å². The number of rotatable bonds is 4. The number of pyridine rings is 1. The van der Waals surface area contributed by atoms with Crippen LogP contribution < -0.4 is 15.5 Å². The number of aromatic nitrogens is 3. The Morgan fingerprint density at radius 1 is 1.16 bits per heavy atom. The third-order valence-electron chi connectivity index (χ3n) is 4.52. The van der Waals surface area contributed by atoms with Crippen molar-refractivity contribution in [2.75, 3.05) is 29.9 Å². The zero-order valence-electron chi connectivity index (χ0n) is 14.3. The van der Waals surface area contributed by atoms with Gasteiger partial charge in [-0.25, -0.2) is 0 Å². The van der Waals surface area contributed by atoms with Gasteiger partial charge >= 0.3 is 0 Å². The molecule has 0 amide bonds. The maximum absolute atomic E-state index is 4.38. The minimum Gasteiger partial charge on any atom is -0.378 e. The molecule has 0 unspecified atom stereocenters. The molecule has 2 N–H and O–H groups in total. The first-order valence-electron chi connectivity index (χ1n) is 8.65. The zero-order valence-corrected chi connectivity index (χ0v) is 14.3. The fourth-order valence-electron chi connectivity index (χ4n) is 3.27. The molecule has 6 heteroatoms. The van der Waals surface area contributed by atoms with Gasteiger partial charge in [0.05, 0.1) is 28.6 Å². The lowest BCUT2D eigenvalue weighted by atomic mass is 10.1. The molecule has 0 radical (unpaired) electrons. The number of hydrogen-bond donors (Lipinski definition) is 2. The van der Waals surface area contributed by atoms with E-state index in [1.807, 2.05) is 18.5 Å². The number of fused-ring (bicyclic) bond motifs is 1. The van der Waals surface area contributed by atoms with E-state index in [0.29, 0.717) is 6.04 Å². The smallest absolute Gasteiger partial charge is 0.0890 e. The molecule has 128 valence electrons. The highest BCUT2D eigenvalue weighted by Crippen LogP contribution is 2.26. The van der Waals surface area contributed by atoms with Crippen LogP contribution >= 0.6 is 0 Å². The number of piperazine rings is 1. The molecule has 0 aliphatic carbocycles. The van der Waals surface area contributed by atoms with Crippen molar-refractivity contribution in [1.29, 1.82) is 0 Å². The summed E-state index contributed by atoms with van der Waals surface area (Å²) in [5.41, 5.74) is 5.29. The van der Waals surface area contributed by atoms with Crippen molar-refractivity contribution in [2.45, 2.75) is 19.5 Å². The van der Waals surface area contributed by atoms with Gasteiger partial charge in [-0.05, 0) is 30.7 Å². The monoisotopic (exact) mass is 334 g/mol. The average Bonchev–Trinajstić information content (AvgIpc) is 2.66. The number of nitrogens with zero attached hydrogens (tertiary/aromatic N) is 4. The molecule has 3 heterocycles. The summed E-state index contributed by atoms with van der Waals surface area (Å²) in [6.07, 6.45) is 7.21. The van der Waals surface area contributed by atoms with Gasteiger partial charge in [0.1, 0.15) is 0 Å². The second-order valence-corrected chi connectivity index (χ2v) is 6.43.